The third-order valence-electron chi connectivity index (χ3n) is 6.53. The van der Waals surface area contributed by atoms with Crippen molar-refractivity contribution in [1.29, 1.82) is 0 Å². The number of rotatable bonds is 8. The first-order valence-electron chi connectivity index (χ1n) is 11.8. The molecule has 0 radical (unpaired) electrons. The fraction of sp³-hybridized carbons (Fsp3) is 0.818. The lowest BCUT2D eigenvalue weighted by molar-refractivity contribution is -0.242. The average Bonchev–Trinajstić information content (AvgIpc) is 2.90. The Hall–Kier alpha value is -0.953. The summed E-state index contributed by atoms with van der Waals surface area (Å²) in [6.07, 6.45) is 0.00966. The van der Waals surface area contributed by atoms with Gasteiger partial charge in [-0.3, -0.25) is 18.9 Å². The van der Waals surface area contributed by atoms with Crippen LogP contribution in [0.25, 0.3) is 0 Å². The number of nitrogens with zero attached hydrogens (tertiary/aromatic N) is 1. The van der Waals surface area contributed by atoms with E-state index in [1.54, 1.807) is 6.92 Å². The minimum atomic E-state index is -2.92. The van der Waals surface area contributed by atoms with Crippen LogP contribution in [0, 0.1) is 6.92 Å². The van der Waals surface area contributed by atoms with Crippen LogP contribution in [0.5, 0.6) is 0 Å². The molecule has 9 nitrogen and oxygen atoms in total. The number of aliphatic hydroxyl groups excluding tert-OH is 1. The van der Waals surface area contributed by atoms with Crippen molar-refractivity contribution in [1.82, 2.24) is 9.55 Å². The molecule has 3 heterocycles. The standard InChI is InChI=1S/C22H38N2O7SSi/c1-12(2)32-15(6)8-9-16(7)33(13(3)4)30-19-17(11-28-31-33)29-21(18(19)25)24-10-14(5)20(26)23-22(24)27/h10,12-13,15-19,21,25H,8-9,11H2,1-7H3,(H,23,26,27)/p+1/t15?,16?,17-,18+,19-,21+,33?/m0/s1. The van der Waals surface area contributed by atoms with Crippen molar-refractivity contribution in [3.05, 3.63) is 32.6 Å². The van der Waals surface area contributed by atoms with Crippen LogP contribution in [0.2, 0.25) is 11.1 Å². The molecule has 33 heavy (non-hydrogen) atoms. The summed E-state index contributed by atoms with van der Waals surface area (Å²) in [4.78, 5) is 32.1. The number of ether oxygens (including phenoxy) is 1. The molecule has 7 atom stereocenters. The SMILES string of the molecule is Cc1cn([C@@H]2O[C@H]3COO[Si](C(C)C)(C(C)CCC(C)[SH+]C(C)C)O[C@@H]3[C@H]2O)c(=O)[nH]c1=O. The Balaban J connectivity index is 1.82. The van der Waals surface area contributed by atoms with Crippen LogP contribution in [0.1, 0.15) is 66.2 Å². The normalized spacial score (nSPS) is 32.1. The molecule has 188 valence electrons. The number of fused-ring (bicyclic) bond motifs is 1. The Morgan fingerprint density at radius 2 is 1.91 bits per heavy atom. The van der Waals surface area contributed by atoms with Gasteiger partial charge < -0.3 is 14.3 Å². The molecular formula is C22H39N2O7SSi+. The maximum absolute atomic E-state index is 12.4. The minimum absolute atomic E-state index is 0.0773. The van der Waals surface area contributed by atoms with Gasteiger partial charge in [-0.25, -0.2) is 9.68 Å². The van der Waals surface area contributed by atoms with Gasteiger partial charge in [0.1, 0.15) is 35.4 Å². The van der Waals surface area contributed by atoms with Crippen molar-refractivity contribution in [2.24, 2.45) is 0 Å². The van der Waals surface area contributed by atoms with Crippen LogP contribution in [0.4, 0.5) is 0 Å². The smallest absolute Gasteiger partial charge is 0.380 e. The Morgan fingerprint density at radius 1 is 1.21 bits per heavy atom. The van der Waals surface area contributed by atoms with Crippen LogP contribution in [-0.4, -0.2) is 58.6 Å². The molecule has 1 aromatic rings. The summed E-state index contributed by atoms with van der Waals surface area (Å²) in [5.74, 6) is 0. The van der Waals surface area contributed by atoms with Crippen LogP contribution in [0.3, 0.4) is 0 Å². The van der Waals surface area contributed by atoms with Crippen molar-refractivity contribution < 1.29 is 23.7 Å². The summed E-state index contributed by atoms with van der Waals surface area (Å²) in [6, 6.07) is 0. The number of thiol groups is 1. The molecule has 0 saturated carbocycles. The summed E-state index contributed by atoms with van der Waals surface area (Å²) < 4.78 is 19.9. The summed E-state index contributed by atoms with van der Waals surface area (Å²) in [5.41, 5.74) is -0.536. The van der Waals surface area contributed by atoms with Gasteiger partial charge in [0.05, 0.1) is 0 Å². The molecule has 0 bridgehead atoms. The van der Waals surface area contributed by atoms with E-state index in [4.69, 9.17) is 18.6 Å². The zero-order chi connectivity index (χ0) is 24.5. The number of H-pyrrole nitrogens is 1. The molecule has 2 saturated heterocycles. The summed E-state index contributed by atoms with van der Waals surface area (Å²) in [6.45, 7) is 14.7. The fourth-order valence-corrected chi connectivity index (χ4v) is 9.60. The highest BCUT2D eigenvalue weighted by molar-refractivity contribution is 7.79. The van der Waals surface area contributed by atoms with Gasteiger partial charge in [0.2, 0.25) is 0 Å². The van der Waals surface area contributed by atoms with E-state index in [1.807, 2.05) is 0 Å². The van der Waals surface area contributed by atoms with Gasteiger partial charge in [-0.15, -0.1) is 0 Å². The topological polar surface area (TPSA) is 112 Å². The number of hydrogen-bond acceptors (Lipinski definition) is 7. The molecule has 2 fully saturated rings. The van der Waals surface area contributed by atoms with Gasteiger partial charge in [-0.05, 0) is 57.8 Å². The van der Waals surface area contributed by atoms with E-state index in [0.29, 0.717) is 16.1 Å². The minimum Gasteiger partial charge on any atom is -0.386 e. The molecule has 2 N–H and O–H groups in total. The predicted octanol–water partition coefficient (Wildman–Crippen LogP) is 2.08. The van der Waals surface area contributed by atoms with Gasteiger partial charge in [0.15, 0.2) is 6.23 Å². The van der Waals surface area contributed by atoms with E-state index in [1.165, 1.54) is 22.5 Å². The molecular weight excluding hydrogens is 464 g/mol. The van der Waals surface area contributed by atoms with Crippen LogP contribution < -0.4 is 11.2 Å². The first kappa shape index (κ1) is 26.6. The number of aryl methyl sites for hydroxylation is 1. The van der Waals surface area contributed by atoms with E-state index in [0.717, 1.165) is 12.8 Å². The second-order valence-corrected chi connectivity index (χ2v) is 16.1. The number of nitrogens with one attached hydrogen (secondary N) is 1. The van der Waals surface area contributed by atoms with E-state index >= 15 is 0 Å². The molecule has 3 unspecified atom stereocenters. The van der Waals surface area contributed by atoms with Crippen molar-refractivity contribution in [2.45, 2.75) is 107 Å². The third kappa shape index (κ3) is 5.66. The molecule has 2 aliphatic heterocycles. The van der Waals surface area contributed by atoms with E-state index in [-0.39, 0.29) is 17.7 Å². The molecule has 3 rings (SSSR count). The van der Waals surface area contributed by atoms with Crippen LogP contribution in [0.15, 0.2) is 15.8 Å². The Bertz CT molecular complexity index is 923. The summed E-state index contributed by atoms with van der Waals surface area (Å²) in [5, 5.41) is 12.4. The van der Waals surface area contributed by atoms with Gasteiger partial charge in [-0.2, -0.15) is 0 Å². The number of hydrogen-bond donors (Lipinski definition) is 2. The molecule has 0 amide bonds. The van der Waals surface area contributed by atoms with Crippen molar-refractivity contribution in [2.75, 3.05) is 6.61 Å². The second kappa shape index (κ2) is 10.8. The van der Waals surface area contributed by atoms with Crippen molar-refractivity contribution in [3.8, 4) is 0 Å². The quantitative estimate of drug-likeness (QED) is 0.242. The maximum Gasteiger partial charge on any atom is 0.380 e. The number of aromatic amines is 1. The van der Waals surface area contributed by atoms with E-state index < -0.39 is 44.3 Å². The van der Waals surface area contributed by atoms with Crippen LogP contribution >= 0.6 is 0 Å². The molecule has 0 aliphatic carbocycles. The Morgan fingerprint density at radius 3 is 2.55 bits per heavy atom. The molecule has 0 spiro atoms. The maximum atomic E-state index is 12.4. The predicted molar refractivity (Wildman–Crippen MR) is 131 cm³/mol. The zero-order valence-electron chi connectivity index (χ0n) is 20.6. The molecule has 2 aliphatic rings. The number of aliphatic hydroxyl groups is 1. The van der Waals surface area contributed by atoms with Gasteiger partial charge >= 0.3 is 14.3 Å². The number of aromatic nitrogens is 2. The van der Waals surface area contributed by atoms with Gasteiger partial charge in [0, 0.05) is 17.3 Å². The molecule has 11 heteroatoms. The lowest BCUT2D eigenvalue weighted by Gasteiger charge is -2.38. The highest BCUT2D eigenvalue weighted by atomic mass is 32.2. The highest BCUT2D eigenvalue weighted by Crippen LogP contribution is 2.44. The first-order valence-corrected chi connectivity index (χ1v) is 14.8. The van der Waals surface area contributed by atoms with E-state index in [9.17, 15) is 14.7 Å². The summed E-state index contributed by atoms with van der Waals surface area (Å²) in [7, 11) is -2.92. The Kier molecular flexibility index (Phi) is 8.69. The Labute approximate surface area is 200 Å². The fourth-order valence-electron chi connectivity index (χ4n) is 4.71. The molecule has 1 aromatic heterocycles. The lowest BCUT2D eigenvalue weighted by Crippen LogP contribution is -2.53. The van der Waals surface area contributed by atoms with Gasteiger partial charge in [0.25, 0.3) is 5.56 Å². The van der Waals surface area contributed by atoms with Crippen molar-refractivity contribution >= 4 is 20.3 Å². The second-order valence-electron chi connectivity index (χ2n) is 9.93. The summed E-state index contributed by atoms with van der Waals surface area (Å²) >= 11 is 1.43. The monoisotopic (exact) mass is 503 g/mol. The largest absolute Gasteiger partial charge is 0.386 e. The average molecular weight is 504 g/mol. The van der Waals surface area contributed by atoms with Gasteiger partial charge in [-0.1, -0.05) is 20.8 Å². The van der Waals surface area contributed by atoms with E-state index in [2.05, 4.69) is 46.5 Å². The van der Waals surface area contributed by atoms with Crippen molar-refractivity contribution in [3.63, 3.8) is 0 Å². The highest BCUT2D eigenvalue weighted by Gasteiger charge is 2.58. The first-order chi connectivity index (χ1) is 15.5. The zero-order valence-corrected chi connectivity index (χ0v) is 22.5. The third-order valence-corrected chi connectivity index (χ3v) is 12.2. The molecule has 0 aromatic carbocycles. The van der Waals surface area contributed by atoms with Crippen LogP contribution in [-0.2, 0) is 30.4 Å². The lowest BCUT2D eigenvalue weighted by atomic mass is 10.1.